The second-order valence-electron chi connectivity index (χ2n) is 7.41. The van der Waals surface area contributed by atoms with E-state index in [4.69, 9.17) is 5.73 Å². The van der Waals surface area contributed by atoms with Gasteiger partial charge in [-0.15, -0.1) is 0 Å². The van der Waals surface area contributed by atoms with Gasteiger partial charge < -0.3 is 0 Å². The molecule has 3 N–H and O–H groups in total. The summed E-state index contributed by atoms with van der Waals surface area (Å²) in [4.78, 5) is 1.46. The molecule has 1 unspecified atom stereocenters. The van der Waals surface area contributed by atoms with E-state index in [1.54, 1.807) is 36.4 Å². The molecule has 0 fully saturated rings. The van der Waals surface area contributed by atoms with Gasteiger partial charge in [0.25, 0.3) is 0 Å². The monoisotopic (exact) mass is 418 g/mol. The number of nitrogen functional groups attached to an aromatic ring is 1. The van der Waals surface area contributed by atoms with Crippen molar-refractivity contribution in [2.75, 3.05) is 16.9 Å². The molecule has 3 aromatic rings. The van der Waals surface area contributed by atoms with Gasteiger partial charge in [0.1, 0.15) is 0 Å². The fourth-order valence-electron chi connectivity index (χ4n) is 4.00. The van der Waals surface area contributed by atoms with E-state index in [0.717, 1.165) is 27.8 Å². The summed E-state index contributed by atoms with van der Waals surface area (Å²) in [5.41, 5.74) is 11.9. The van der Waals surface area contributed by atoms with Gasteiger partial charge in [0.05, 0.1) is 0 Å². The molecule has 0 saturated heterocycles. The third-order valence-electron chi connectivity index (χ3n) is 5.26. The molecule has 152 valence electrons. The molecule has 3 nitrogen and oxygen atoms in total. The Morgan fingerprint density at radius 1 is 0.966 bits per heavy atom. The number of halogens is 3. The number of aliphatic hydroxyl groups excluding tert-OH is 1. The van der Waals surface area contributed by atoms with Crippen molar-refractivity contribution >= 4 is 19.6 Å². The molecular formula is C22H22F3N2OP. The van der Waals surface area contributed by atoms with Crippen molar-refractivity contribution in [3.8, 4) is 11.1 Å². The summed E-state index contributed by atoms with van der Waals surface area (Å²) in [6, 6.07) is 17.5. The standard InChI is InChI=1S/C22H22F3N2OP/c1-14-2-8-19-18-9-7-17(26)11-20(18)22(16-5-3-15(12-28)4-6-16)27(21(19)10-14)13-29(23,24)25/h2-11,22,28-29H,12-13,26H2,1H3. The molecule has 0 amide bonds. The zero-order valence-electron chi connectivity index (χ0n) is 15.9. The predicted molar refractivity (Wildman–Crippen MR) is 114 cm³/mol. The van der Waals surface area contributed by atoms with E-state index >= 15 is 0 Å². The number of rotatable bonds is 4. The maximum atomic E-state index is 13.7. The summed E-state index contributed by atoms with van der Waals surface area (Å²) in [5.74, 6) is 0. The van der Waals surface area contributed by atoms with Crippen LogP contribution in [-0.2, 0) is 6.61 Å². The molecular weight excluding hydrogens is 396 g/mol. The van der Waals surface area contributed by atoms with Crippen molar-refractivity contribution in [2.45, 2.75) is 19.6 Å². The Labute approximate surface area is 168 Å². The number of benzene rings is 3. The minimum atomic E-state index is -5.90. The van der Waals surface area contributed by atoms with Crippen LogP contribution in [0.2, 0.25) is 0 Å². The Hall–Kier alpha value is -2.56. The van der Waals surface area contributed by atoms with E-state index in [1.165, 1.54) is 4.90 Å². The summed E-state index contributed by atoms with van der Waals surface area (Å²) in [7, 11) is -5.90. The van der Waals surface area contributed by atoms with Crippen LogP contribution in [0.25, 0.3) is 11.1 Å². The second kappa shape index (κ2) is 7.36. The van der Waals surface area contributed by atoms with Crippen molar-refractivity contribution in [3.05, 3.63) is 82.9 Å². The first-order chi connectivity index (χ1) is 13.8. The first-order valence-corrected chi connectivity index (χ1v) is 11.1. The van der Waals surface area contributed by atoms with E-state index < -0.39 is 20.5 Å². The molecule has 0 saturated carbocycles. The van der Waals surface area contributed by atoms with Crippen LogP contribution in [0.3, 0.4) is 0 Å². The average Bonchev–Trinajstić information content (AvgIpc) is 2.67. The molecule has 3 aromatic carbocycles. The van der Waals surface area contributed by atoms with Crippen LogP contribution in [0.15, 0.2) is 60.7 Å². The van der Waals surface area contributed by atoms with Gasteiger partial charge in [-0.2, -0.15) is 0 Å². The van der Waals surface area contributed by atoms with E-state index in [9.17, 15) is 17.7 Å². The molecule has 29 heavy (non-hydrogen) atoms. The summed E-state index contributed by atoms with van der Waals surface area (Å²) in [6.07, 6.45) is -0.940. The van der Waals surface area contributed by atoms with E-state index in [0.29, 0.717) is 16.9 Å². The Morgan fingerprint density at radius 3 is 2.31 bits per heavy atom. The molecule has 0 bridgehead atoms. The number of nitrogens with two attached hydrogens (primary N) is 1. The van der Waals surface area contributed by atoms with Gasteiger partial charge in [-0.3, -0.25) is 0 Å². The Bertz CT molecular complexity index is 1050. The summed E-state index contributed by atoms with van der Waals surface area (Å²) in [6.45, 7) is 1.77. The van der Waals surface area contributed by atoms with Crippen molar-refractivity contribution in [1.82, 2.24) is 0 Å². The Balaban J connectivity index is 1.97. The number of anilines is 2. The molecule has 0 aliphatic carbocycles. The van der Waals surface area contributed by atoms with Crippen LogP contribution in [0.5, 0.6) is 0 Å². The third kappa shape index (κ3) is 3.83. The topological polar surface area (TPSA) is 49.5 Å². The number of nitrogens with zero attached hydrogens (tertiary/aromatic N) is 1. The van der Waals surface area contributed by atoms with Gasteiger partial charge in [-0.25, -0.2) is 0 Å². The number of aryl methyl sites for hydroxylation is 1. The van der Waals surface area contributed by atoms with Gasteiger partial charge in [0.15, 0.2) is 0 Å². The molecule has 4 rings (SSSR count). The van der Waals surface area contributed by atoms with Crippen LogP contribution >= 0.6 is 8.19 Å². The quantitative estimate of drug-likeness (QED) is 0.403. The molecule has 0 radical (unpaired) electrons. The third-order valence-corrected chi connectivity index (χ3v) is 5.96. The van der Waals surface area contributed by atoms with Crippen molar-refractivity contribution in [2.24, 2.45) is 0 Å². The summed E-state index contributed by atoms with van der Waals surface area (Å²) in [5, 5.41) is 9.33. The molecule has 0 aromatic heterocycles. The Morgan fingerprint density at radius 2 is 1.66 bits per heavy atom. The number of hydrogen-bond donors (Lipinski definition) is 2. The van der Waals surface area contributed by atoms with Crippen molar-refractivity contribution < 1.29 is 17.7 Å². The molecule has 1 heterocycles. The van der Waals surface area contributed by atoms with Gasteiger partial charge in [-0.05, 0) is 0 Å². The van der Waals surface area contributed by atoms with Crippen LogP contribution < -0.4 is 10.6 Å². The fourth-order valence-corrected chi connectivity index (χ4v) is 4.74. The van der Waals surface area contributed by atoms with Crippen LogP contribution in [0.1, 0.15) is 28.3 Å². The number of aliphatic hydroxyl groups is 1. The second-order valence-corrected chi connectivity index (χ2v) is 8.96. The maximum absolute atomic E-state index is 13.7. The number of fused-ring (bicyclic) bond motifs is 3. The zero-order valence-corrected chi connectivity index (χ0v) is 16.9. The van der Waals surface area contributed by atoms with Crippen LogP contribution in [0, 0.1) is 6.92 Å². The van der Waals surface area contributed by atoms with Gasteiger partial charge in [0, 0.05) is 0 Å². The van der Waals surface area contributed by atoms with E-state index in [2.05, 4.69) is 0 Å². The Kier molecular flexibility index (Phi) is 5.01. The van der Waals surface area contributed by atoms with Crippen LogP contribution in [-0.4, -0.2) is 11.4 Å². The zero-order chi connectivity index (χ0) is 20.8. The van der Waals surface area contributed by atoms with Gasteiger partial charge >= 0.3 is 168 Å². The molecule has 0 spiro atoms. The molecule has 1 aliphatic heterocycles. The van der Waals surface area contributed by atoms with Crippen molar-refractivity contribution in [1.29, 1.82) is 0 Å². The van der Waals surface area contributed by atoms with Gasteiger partial charge in [-0.1, -0.05) is 0 Å². The van der Waals surface area contributed by atoms with E-state index in [1.807, 2.05) is 31.2 Å². The molecule has 1 atom stereocenters. The predicted octanol–water partition coefficient (Wildman–Crippen LogP) is 6.01. The average molecular weight is 418 g/mol. The fraction of sp³-hybridized carbons (Fsp3) is 0.182. The summed E-state index contributed by atoms with van der Waals surface area (Å²) < 4.78 is 41.2. The first kappa shape index (κ1) is 19.7. The van der Waals surface area contributed by atoms with Crippen LogP contribution in [0.4, 0.5) is 24.0 Å². The van der Waals surface area contributed by atoms with E-state index in [-0.39, 0.29) is 6.61 Å². The normalized spacial score (nSPS) is 16.3. The summed E-state index contributed by atoms with van der Waals surface area (Å²) >= 11 is 0. The van der Waals surface area contributed by atoms with Gasteiger partial charge in [0.2, 0.25) is 0 Å². The molecule has 1 aliphatic rings. The molecule has 7 heteroatoms. The number of hydrogen-bond acceptors (Lipinski definition) is 3. The van der Waals surface area contributed by atoms with Crippen molar-refractivity contribution in [3.63, 3.8) is 0 Å². The first-order valence-electron chi connectivity index (χ1n) is 9.30. The minimum absolute atomic E-state index is 0.115. The SMILES string of the molecule is Cc1ccc2c(c1)N(C[PH](F)(F)F)C(c1ccc(CO)cc1)c1cc(N)ccc1-2.